The Balaban J connectivity index is 2.06. The monoisotopic (exact) mass is 314 g/mol. The maximum atomic E-state index is 12.3. The molecule has 0 aliphatic rings. The number of furan rings is 1. The standard InChI is InChI=1S/C18H22N2O3/c1-4-15-8-5-7-13(2)18(15)19-17(22)12-20(14(3)21)11-16-9-6-10-23-16/h5-10H,4,11-12H2,1-3H3,(H,19,22). The highest BCUT2D eigenvalue weighted by atomic mass is 16.3. The van der Waals surface area contributed by atoms with Gasteiger partial charge < -0.3 is 14.6 Å². The first kappa shape index (κ1) is 16.8. The van der Waals surface area contributed by atoms with E-state index in [9.17, 15) is 9.59 Å². The fourth-order valence-corrected chi connectivity index (χ4v) is 2.42. The van der Waals surface area contributed by atoms with Crippen LogP contribution in [0.1, 0.15) is 30.7 Å². The molecule has 122 valence electrons. The molecule has 0 atom stereocenters. The average Bonchev–Trinajstić information content (AvgIpc) is 3.01. The number of benzene rings is 1. The third-order valence-corrected chi connectivity index (χ3v) is 3.71. The summed E-state index contributed by atoms with van der Waals surface area (Å²) in [6.07, 6.45) is 2.38. The number of nitrogens with zero attached hydrogens (tertiary/aromatic N) is 1. The highest BCUT2D eigenvalue weighted by Gasteiger charge is 2.16. The van der Waals surface area contributed by atoms with E-state index in [1.807, 2.05) is 32.0 Å². The quantitative estimate of drug-likeness (QED) is 0.891. The van der Waals surface area contributed by atoms with Crippen LogP contribution in [0.4, 0.5) is 5.69 Å². The number of aryl methyl sites for hydroxylation is 2. The zero-order valence-corrected chi connectivity index (χ0v) is 13.8. The van der Waals surface area contributed by atoms with Crippen molar-refractivity contribution >= 4 is 17.5 Å². The van der Waals surface area contributed by atoms with Crippen LogP contribution in [-0.4, -0.2) is 23.3 Å². The highest BCUT2D eigenvalue weighted by Crippen LogP contribution is 2.21. The molecule has 5 nitrogen and oxygen atoms in total. The van der Waals surface area contributed by atoms with Crippen molar-refractivity contribution in [2.75, 3.05) is 11.9 Å². The fourth-order valence-electron chi connectivity index (χ4n) is 2.42. The van der Waals surface area contributed by atoms with Crippen molar-refractivity contribution < 1.29 is 14.0 Å². The fraction of sp³-hybridized carbons (Fsp3) is 0.333. The summed E-state index contributed by atoms with van der Waals surface area (Å²) in [5, 5.41) is 2.93. The van der Waals surface area contributed by atoms with Crippen LogP contribution in [0, 0.1) is 6.92 Å². The first-order valence-electron chi connectivity index (χ1n) is 7.67. The number of carbonyl (C=O) groups is 2. The number of nitrogens with one attached hydrogen (secondary N) is 1. The van der Waals surface area contributed by atoms with E-state index in [0.29, 0.717) is 5.76 Å². The van der Waals surface area contributed by atoms with Gasteiger partial charge in [0.15, 0.2) is 0 Å². The Kier molecular flexibility index (Phi) is 5.57. The second-order valence-corrected chi connectivity index (χ2v) is 5.47. The van der Waals surface area contributed by atoms with Gasteiger partial charge in [0, 0.05) is 12.6 Å². The molecule has 0 fully saturated rings. The Hall–Kier alpha value is -2.56. The Morgan fingerprint density at radius 1 is 1.22 bits per heavy atom. The summed E-state index contributed by atoms with van der Waals surface area (Å²) in [6, 6.07) is 9.47. The number of amides is 2. The molecule has 0 spiro atoms. The third kappa shape index (κ3) is 4.45. The van der Waals surface area contributed by atoms with Crippen molar-refractivity contribution in [1.82, 2.24) is 4.90 Å². The maximum Gasteiger partial charge on any atom is 0.244 e. The molecule has 2 amide bonds. The Labute approximate surface area is 136 Å². The van der Waals surface area contributed by atoms with Gasteiger partial charge in [-0.25, -0.2) is 0 Å². The number of para-hydroxylation sites is 1. The molecule has 0 saturated heterocycles. The normalized spacial score (nSPS) is 10.4. The van der Waals surface area contributed by atoms with Gasteiger partial charge in [0.1, 0.15) is 12.3 Å². The largest absolute Gasteiger partial charge is 0.467 e. The summed E-state index contributed by atoms with van der Waals surface area (Å²) in [7, 11) is 0. The number of rotatable bonds is 6. The zero-order valence-electron chi connectivity index (χ0n) is 13.8. The van der Waals surface area contributed by atoms with Crippen LogP contribution in [0.2, 0.25) is 0 Å². The number of hydrogen-bond acceptors (Lipinski definition) is 3. The predicted molar refractivity (Wildman–Crippen MR) is 89.0 cm³/mol. The lowest BCUT2D eigenvalue weighted by molar-refractivity contribution is -0.133. The Morgan fingerprint density at radius 2 is 2.00 bits per heavy atom. The molecule has 2 rings (SSSR count). The summed E-state index contributed by atoms with van der Waals surface area (Å²) in [6.45, 7) is 5.72. The lowest BCUT2D eigenvalue weighted by Gasteiger charge is -2.20. The zero-order chi connectivity index (χ0) is 16.8. The summed E-state index contributed by atoms with van der Waals surface area (Å²) in [5.41, 5.74) is 2.93. The lowest BCUT2D eigenvalue weighted by atomic mass is 10.1. The topological polar surface area (TPSA) is 62.6 Å². The van der Waals surface area contributed by atoms with Gasteiger partial charge >= 0.3 is 0 Å². The molecular formula is C18H22N2O3. The van der Waals surface area contributed by atoms with Gasteiger partial charge in [-0.2, -0.15) is 0 Å². The van der Waals surface area contributed by atoms with Crippen LogP contribution in [0.15, 0.2) is 41.0 Å². The van der Waals surface area contributed by atoms with E-state index in [4.69, 9.17) is 4.42 Å². The van der Waals surface area contributed by atoms with Gasteiger partial charge in [0.2, 0.25) is 11.8 Å². The maximum absolute atomic E-state index is 12.3. The van der Waals surface area contributed by atoms with E-state index in [0.717, 1.165) is 23.2 Å². The third-order valence-electron chi connectivity index (χ3n) is 3.71. The second kappa shape index (κ2) is 7.63. The average molecular weight is 314 g/mol. The minimum atomic E-state index is -0.212. The molecule has 0 saturated carbocycles. The van der Waals surface area contributed by atoms with Crippen LogP contribution in [0.3, 0.4) is 0 Å². The molecule has 23 heavy (non-hydrogen) atoms. The van der Waals surface area contributed by atoms with Gasteiger partial charge in [0.05, 0.1) is 12.8 Å². The van der Waals surface area contributed by atoms with E-state index in [1.165, 1.54) is 11.8 Å². The molecule has 5 heteroatoms. The molecule has 1 aromatic carbocycles. The van der Waals surface area contributed by atoms with Crippen LogP contribution in [0.25, 0.3) is 0 Å². The van der Waals surface area contributed by atoms with Crippen molar-refractivity contribution in [2.24, 2.45) is 0 Å². The summed E-state index contributed by atoms with van der Waals surface area (Å²) in [5.74, 6) is 0.269. The van der Waals surface area contributed by atoms with E-state index >= 15 is 0 Å². The van der Waals surface area contributed by atoms with Crippen LogP contribution in [0.5, 0.6) is 0 Å². The molecule has 0 aliphatic heterocycles. The molecule has 2 aromatic rings. The molecule has 1 heterocycles. The van der Waals surface area contributed by atoms with Gasteiger partial charge in [-0.15, -0.1) is 0 Å². The SMILES string of the molecule is CCc1cccc(C)c1NC(=O)CN(Cc1ccco1)C(C)=O. The molecule has 0 radical (unpaired) electrons. The van der Waals surface area contributed by atoms with E-state index in [2.05, 4.69) is 5.32 Å². The molecule has 0 unspecified atom stereocenters. The van der Waals surface area contributed by atoms with E-state index < -0.39 is 0 Å². The highest BCUT2D eigenvalue weighted by molar-refractivity contribution is 5.95. The van der Waals surface area contributed by atoms with Gasteiger partial charge in [-0.05, 0) is 36.6 Å². The van der Waals surface area contributed by atoms with Crippen molar-refractivity contribution in [1.29, 1.82) is 0 Å². The van der Waals surface area contributed by atoms with E-state index in [-0.39, 0.29) is 24.9 Å². The van der Waals surface area contributed by atoms with Crippen molar-refractivity contribution in [2.45, 2.75) is 33.7 Å². The van der Waals surface area contributed by atoms with Crippen molar-refractivity contribution in [3.63, 3.8) is 0 Å². The van der Waals surface area contributed by atoms with Crippen LogP contribution < -0.4 is 5.32 Å². The molecule has 1 aromatic heterocycles. The minimum absolute atomic E-state index is 0.00643. The molecular weight excluding hydrogens is 292 g/mol. The number of anilines is 1. The Bertz CT molecular complexity index is 678. The minimum Gasteiger partial charge on any atom is -0.467 e. The van der Waals surface area contributed by atoms with Gasteiger partial charge in [0.25, 0.3) is 0 Å². The summed E-state index contributed by atoms with van der Waals surface area (Å²) >= 11 is 0. The van der Waals surface area contributed by atoms with Crippen molar-refractivity contribution in [3.05, 3.63) is 53.5 Å². The van der Waals surface area contributed by atoms with Gasteiger partial charge in [-0.1, -0.05) is 25.1 Å². The first-order chi connectivity index (χ1) is 11.0. The van der Waals surface area contributed by atoms with Crippen LogP contribution in [-0.2, 0) is 22.6 Å². The molecule has 0 bridgehead atoms. The number of carbonyl (C=O) groups excluding carboxylic acids is 2. The first-order valence-corrected chi connectivity index (χ1v) is 7.67. The van der Waals surface area contributed by atoms with Gasteiger partial charge in [-0.3, -0.25) is 9.59 Å². The Morgan fingerprint density at radius 3 is 2.61 bits per heavy atom. The predicted octanol–water partition coefficient (Wildman–Crippen LogP) is 3.14. The summed E-state index contributed by atoms with van der Waals surface area (Å²) < 4.78 is 5.24. The van der Waals surface area contributed by atoms with Crippen molar-refractivity contribution in [3.8, 4) is 0 Å². The lowest BCUT2D eigenvalue weighted by Crippen LogP contribution is -2.36. The molecule has 0 aliphatic carbocycles. The second-order valence-electron chi connectivity index (χ2n) is 5.47. The van der Waals surface area contributed by atoms with Crippen LogP contribution >= 0.6 is 0 Å². The summed E-state index contributed by atoms with van der Waals surface area (Å²) in [4.78, 5) is 25.5. The molecule has 1 N–H and O–H groups in total. The number of hydrogen-bond donors (Lipinski definition) is 1. The smallest absolute Gasteiger partial charge is 0.244 e. The van der Waals surface area contributed by atoms with E-state index in [1.54, 1.807) is 18.4 Å².